The number of ether oxygens (including phenoxy) is 1. The fraction of sp³-hybridized carbons (Fsp3) is 0.500. The molecule has 1 fully saturated rings. The van der Waals surface area contributed by atoms with Gasteiger partial charge in [-0.05, 0) is 46.2 Å². The Labute approximate surface area is 165 Å². The van der Waals surface area contributed by atoms with Gasteiger partial charge >= 0.3 is 6.09 Å². The van der Waals surface area contributed by atoms with E-state index in [1.54, 1.807) is 22.2 Å². The second-order valence-corrected chi connectivity index (χ2v) is 7.95. The van der Waals surface area contributed by atoms with E-state index in [1.165, 1.54) is 4.80 Å². The van der Waals surface area contributed by atoms with Crippen molar-refractivity contribution >= 4 is 12.0 Å². The van der Waals surface area contributed by atoms with Crippen LogP contribution in [-0.2, 0) is 4.74 Å². The Balaban J connectivity index is 1.76. The van der Waals surface area contributed by atoms with Gasteiger partial charge in [-0.2, -0.15) is 15.0 Å². The number of nitrogens with zero attached hydrogens (tertiary/aromatic N) is 5. The molecular formula is C20H27N5O3. The van der Waals surface area contributed by atoms with E-state index in [9.17, 15) is 9.59 Å². The van der Waals surface area contributed by atoms with Gasteiger partial charge in [0.15, 0.2) is 0 Å². The summed E-state index contributed by atoms with van der Waals surface area (Å²) in [7, 11) is 0. The predicted molar refractivity (Wildman–Crippen MR) is 104 cm³/mol. The second kappa shape index (κ2) is 8.00. The SMILES string of the molecule is Cc1ccc(-n2nccn2)c(C(=O)N2CCCN(C(=O)OC(C)(C)C)CC2)c1. The third-order valence-corrected chi connectivity index (χ3v) is 4.45. The van der Waals surface area contributed by atoms with Crippen LogP contribution >= 0.6 is 0 Å². The molecule has 0 radical (unpaired) electrons. The molecule has 0 atom stereocenters. The van der Waals surface area contributed by atoms with Crippen LogP contribution < -0.4 is 0 Å². The molecule has 1 aromatic heterocycles. The maximum atomic E-state index is 13.2. The number of rotatable bonds is 2. The minimum Gasteiger partial charge on any atom is -0.444 e. The van der Waals surface area contributed by atoms with E-state index in [0.29, 0.717) is 43.9 Å². The molecular weight excluding hydrogens is 358 g/mol. The van der Waals surface area contributed by atoms with Crippen LogP contribution in [-0.4, -0.2) is 68.6 Å². The number of carbonyl (C=O) groups excluding carboxylic acids is 2. The first-order chi connectivity index (χ1) is 13.2. The summed E-state index contributed by atoms with van der Waals surface area (Å²) >= 11 is 0. The van der Waals surface area contributed by atoms with Crippen molar-refractivity contribution in [2.45, 2.75) is 39.7 Å². The molecule has 150 valence electrons. The van der Waals surface area contributed by atoms with Crippen molar-refractivity contribution < 1.29 is 14.3 Å². The number of benzene rings is 1. The Morgan fingerprint density at radius 1 is 1.00 bits per heavy atom. The number of hydrogen-bond acceptors (Lipinski definition) is 5. The zero-order valence-corrected chi connectivity index (χ0v) is 16.9. The Hall–Kier alpha value is -2.90. The largest absolute Gasteiger partial charge is 0.444 e. The number of aryl methyl sites for hydroxylation is 1. The molecule has 0 unspecified atom stereocenters. The Morgan fingerprint density at radius 3 is 2.32 bits per heavy atom. The van der Waals surface area contributed by atoms with Crippen LogP contribution in [0.4, 0.5) is 4.79 Å². The lowest BCUT2D eigenvalue weighted by Crippen LogP contribution is -2.40. The van der Waals surface area contributed by atoms with Gasteiger partial charge < -0.3 is 14.5 Å². The molecule has 0 bridgehead atoms. The predicted octanol–water partition coefficient (Wildman–Crippen LogP) is 2.66. The summed E-state index contributed by atoms with van der Waals surface area (Å²) in [6, 6.07) is 5.65. The highest BCUT2D eigenvalue weighted by Crippen LogP contribution is 2.19. The van der Waals surface area contributed by atoms with Crippen LogP contribution in [0.1, 0.15) is 43.1 Å². The molecule has 2 aromatic rings. The molecule has 2 amide bonds. The van der Waals surface area contributed by atoms with E-state index in [4.69, 9.17) is 4.74 Å². The van der Waals surface area contributed by atoms with Crippen molar-refractivity contribution in [3.05, 3.63) is 41.7 Å². The molecule has 28 heavy (non-hydrogen) atoms. The molecule has 3 rings (SSSR count). The van der Waals surface area contributed by atoms with Gasteiger partial charge in [0.25, 0.3) is 5.91 Å². The molecule has 1 saturated heterocycles. The zero-order chi connectivity index (χ0) is 20.3. The van der Waals surface area contributed by atoms with Gasteiger partial charge in [-0.1, -0.05) is 11.6 Å². The maximum Gasteiger partial charge on any atom is 0.410 e. The van der Waals surface area contributed by atoms with Gasteiger partial charge in [-0.3, -0.25) is 4.79 Å². The highest BCUT2D eigenvalue weighted by atomic mass is 16.6. The lowest BCUT2D eigenvalue weighted by Gasteiger charge is -2.26. The smallest absolute Gasteiger partial charge is 0.410 e. The van der Waals surface area contributed by atoms with Crippen molar-refractivity contribution in [1.82, 2.24) is 24.8 Å². The molecule has 1 aromatic carbocycles. The lowest BCUT2D eigenvalue weighted by atomic mass is 10.1. The first-order valence-corrected chi connectivity index (χ1v) is 9.49. The molecule has 0 N–H and O–H groups in total. The van der Waals surface area contributed by atoms with E-state index in [0.717, 1.165) is 5.56 Å². The fourth-order valence-electron chi connectivity index (χ4n) is 3.14. The minimum atomic E-state index is -0.536. The van der Waals surface area contributed by atoms with Gasteiger partial charge in [0, 0.05) is 26.2 Å². The zero-order valence-electron chi connectivity index (χ0n) is 16.9. The first-order valence-electron chi connectivity index (χ1n) is 9.49. The summed E-state index contributed by atoms with van der Waals surface area (Å²) in [5, 5.41) is 8.32. The van der Waals surface area contributed by atoms with Gasteiger partial charge in [-0.15, -0.1) is 0 Å². The maximum absolute atomic E-state index is 13.2. The summed E-state index contributed by atoms with van der Waals surface area (Å²) < 4.78 is 5.46. The second-order valence-electron chi connectivity index (χ2n) is 7.95. The average molecular weight is 385 g/mol. The molecule has 2 heterocycles. The number of hydrogen-bond donors (Lipinski definition) is 0. The Morgan fingerprint density at radius 2 is 1.64 bits per heavy atom. The molecule has 0 aliphatic carbocycles. The van der Waals surface area contributed by atoms with Crippen molar-refractivity contribution in [3.8, 4) is 5.69 Å². The van der Waals surface area contributed by atoms with Crippen molar-refractivity contribution in [3.63, 3.8) is 0 Å². The summed E-state index contributed by atoms with van der Waals surface area (Å²) in [4.78, 5) is 30.5. The fourth-order valence-corrected chi connectivity index (χ4v) is 3.14. The van der Waals surface area contributed by atoms with Crippen molar-refractivity contribution in [2.75, 3.05) is 26.2 Å². The number of amides is 2. The highest BCUT2D eigenvalue weighted by Gasteiger charge is 2.27. The van der Waals surface area contributed by atoms with E-state index >= 15 is 0 Å². The third kappa shape index (κ3) is 4.68. The topological polar surface area (TPSA) is 80.6 Å². The van der Waals surface area contributed by atoms with Crippen LogP contribution in [0.5, 0.6) is 0 Å². The Bertz CT molecular complexity index is 842. The minimum absolute atomic E-state index is 0.0814. The van der Waals surface area contributed by atoms with Crippen LogP contribution in [0.25, 0.3) is 5.69 Å². The monoisotopic (exact) mass is 385 g/mol. The molecule has 1 aliphatic heterocycles. The van der Waals surface area contributed by atoms with Crippen molar-refractivity contribution in [2.24, 2.45) is 0 Å². The van der Waals surface area contributed by atoms with E-state index in [-0.39, 0.29) is 12.0 Å². The van der Waals surface area contributed by atoms with Gasteiger partial charge in [0.2, 0.25) is 0 Å². The molecule has 8 nitrogen and oxygen atoms in total. The molecule has 1 aliphatic rings. The summed E-state index contributed by atoms with van der Waals surface area (Å²) in [6.45, 7) is 9.55. The highest BCUT2D eigenvalue weighted by molar-refractivity contribution is 5.98. The third-order valence-electron chi connectivity index (χ3n) is 4.45. The quantitative estimate of drug-likeness (QED) is 0.794. The van der Waals surface area contributed by atoms with E-state index in [1.807, 2.05) is 45.9 Å². The number of carbonyl (C=O) groups is 2. The molecule has 8 heteroatoms. The van der Waals surface area contributed by atoms with E-state index in [2.05, 4.69) is 10.2 Å². The first kappa shape index (κ1) is 19.9. The summed E-state index contributed by atoms with van der Waals surface area (Å²) in [5.74, 6) is -0.0814. The molecule has 0 saturated carbocycles. The van der Waals surface area contributed by atoms with E-state index < -0.39 is 5.60 Å². The van der Waals surface area contributed by atoms with Crippen LogP contribution in [0, 0.1) is 6.92 Å². The number of aromatic nitrogens is 3. The van der Waals surface area contributed by atoms with Crippen molar-refractivity contribution in [1.29, 1.82) is 0 Å². The van der Waals surface area contributed by atoms with Crippen LogP contribution in [0.3, 0.4) is 0 Å². The lowest BCUT2D eigenvalue weighted by molar-refractivity contribution is 0.0255. The Kier molecular flexibility index (Phi) is 5.67. The normalized spacial score (nSPS) is 15.3. The van der Waals surface area contributed by atoms with Crippen LogP contribution in [0.15, 0.2) is 30.6 Å². The summed E-state index contributed by atoms with van der Waals surface area (Å²) in [5.41, 5.74) is 1.66. The molecule has 0 spiro atoms. The van der Waals surface area contributed by atoms with Gasteiger partial charge in [-0.25, -0.2) is 4.79 Å². The average Bonchev–Trinajstić information content (AvgIpc) is 3.03. The van der Waals surface area contributed by atoms with Gasteiger partial charge in [0.1, 0.15) is 5.60 Å². The standard InChI is InChI=1S/C20H27N5O3/c1-15-6-7-17(25-21-8-9-22-25)16(14-15)18(26)23-10-5-11-24(13-12-23)19(27)28-20(2,3)4/h6-9,14H,5,10-13H2,1-4H3. The summed E-state index contributed by atoms with van der Waals surface area (Å²) in [6.07, 6.45) is 3.53. The van der Waals surface area contributed by atoms with Gasteiger partial charge in [0.05, 0.1) is 23.6 Å². The van der Waals surface area contributed by atoms with Crippen LogP contribution in [0.2, 0.25) is 0 Å².